The van der Waals surface area contributed by atoms with E-state index in [0.717, 1.165) is 16.8 Å². The van der Waals surface area contributed by atoms with Crippen LogP contribution in [0.3, 0.4) is 0 Å². The van der Waals surface area contributed by atoms with Crippen LogP contribution in [0.25, 0.3) is 11.4 Å². The lowest BCUT2D eigenvalue weighted by Gasteiger charge is -2.09. The van der Waals surface area contributed by atoms with Crippen LogP contribution in [0.2, 0.25) is 5.02 Å². The summed E-state index contributed by atoms with van der Waals surface area (Å²) in [6, 6.07) is 11.2. The Hall–Kier alpha value is -2.51. The van der Waals surface area contributed by atoms with E-state index in [1.165, 1.54) is 17.3 Å². The molecule has 1 amide bonds. The summed E-state index contributed by atoms with van der Waals surface area (Å²) in [4.78, 5) is 12.3. The molecule has 1 heterocycles. The fourth-order valence-corrected chi connectivity index (χ4v) is 3.56. The van der Waals surface area contributed by atoms with E-state index in [9.17, 15) is 4.79 Å². The Morgan fingerprint density at radius 3 is 2.68 bits per heavy atom. The molecule has 0 unspecified atom stereocenters. The number of hydrogen-bond acceptors (Lipinski definition) is 5. The lowest BCUT2D eigenvalue weighted by Crippen LogP contribution is -2.14. The van der Waals surface area contributed by atoms with E-state index in [4.69, 9.17) is 16.3 Å². The van der Waals surface area contributed by atoms with E-state index in [0.29, 0.717) is 21.8 Å². The summed E-state index contributed by atoms with van der Waals surface area (Å²) >= 11 is 7.43. The number of nitrogens with zero attached hydrogens (tertiary/aromatic N) is 3. The molecule has 6 nitrogen and oxygen atoms in total. The van der Waals surface area contributed by atoms with Crippen LogP contribution in [0.5, 0.6) is 5.75 Å². The van der Waals surface area contributed by atoms with Gasteiger partial charge < -0.3 is 14.6 Å². The van der Waals surface area contributed by atoms with Crippen molar-refractivity contribution in [3.8, 4) is 17.1 Å². The average Bonchev–Trinajstić information content (AvgIpc) is 3.03. The number of anilines is 1. The number of rotatable bonds is 6. The Morgan fingerprint density at radius 2 is 1.96 bits per heavy atom. The topological polar surface area (TPSA) is 69.0 Å². The van der Waals surface area contributed by atoms with E-state index in [2.05, 4.69) is 15.5 Å². The molecule has 0 aliphatic carbocycles. The van der Waals surface area contributed by atoms with Crippen LogP contribution in [0.4, 0.5) is 5.69 Å². The number of halogens is 1. The summed E-state index contributed by atoms with van der Waals surface area (Å²) in [5, 5.41) is 12.6. The number of hydrogen-bond donors (Lipinski definition) is 1. The second kappa shape index (κ2) is 8.67. The van der Waals surface area contributed by atoms with Gasteiger partial charge in [-0.15, -0.1) is 10.2 Å². The van der Waals surface area contributed by atoms with Crippen molar-refractivity contribution in [2.24, 2.45) is 7.05 Å². The number of nitrogens with one attached hydrogen (secondary N) is 1. The Bertz CT molecular complexity index is 1020. The number of benzene rings is 2. The monoisotopic (exact) mass is 416 g/mol. The van der Waals surface area contributed by atoms with E-state index in [1.54, 1.807) is 25.3 Å². The van der Waals surface area contributed by atoms with E-state index in [1.807, 2.05) is 43.7 Å². The second-order valence-electron chi connectivity index (χ2n) is 6.35. The molecule has 0 spiro atoms. The number of ether oxygens (including phenoxy) is 1. The molecule has 0 bridgehead atoms. The molecule has 146 valence electrons. The van der Waals surface area contributed by atoms with Gasteiger partial charge in [-0.05, 0) is 55.3 Å². The Morgan fingerprint density at radius 1 is 1.18 bits per heavy atom. The highest BCUT2D eigenvalue weighted by atomic mass is 35.5. The predicted octanol–water partition coefficient (Wildman–Crippen LogP) is 4.49. The van der Waals surface area contributed by atoms with Gasteiger partial charge in [-0.25, -0.2) is 0 Å². The number of amides is 1. The number of carbonyl (C=O) groups excluding carboxylic acids is 1. The molecular formula is C20H21ClN4O2S. The van der Waals surface area contributed by atoms with Gasteiger partial charge in [0.25, 0.3) is 0 Å². The summed E-state index contributed by atoms with van der Waals surface area (Å²) < 4.78 is 7.21. The van der Waals surface area contributed by atoms with Crippen molar-refractivity contribution in [1.29, 1.82) is 0 Å². The van der Waals surface area contributed by atoms with Crippen molar-refractivity contribution in [3.63, 3.8) is 0 Å². The van der Waals surface area contributed by atoms with Crippen molar-refractivity contribution in [1.82, 2.24) is 14.8 Å². The number of methoxy groups -OCH3 is 1. The highest BCUT2D eigenvalue weighted by Crippen LogP contribution is 2.32. The minimum Gasteiger partial charge on any atom is -0.496 e. The van der Waals surface area contributed by atoms with Gasteiger partial charge >= 0.3 is 0 Å². The van der Waals surface area contributed by atoms with Crippen molar-refractivity contribution < 1.29 is 9.53 Å². The molecule has 8 heteroatoms. The van der Waals surface area contributed by atoms with E-state index >= 15 is 0 Å². The largest absolute Gasteiger partial charge is 0.496 e. The molecule has 1 aromatic heterocycles. The maximum atomic E-state index is 12.3. The summed E-state index contributed by atoms with van der Waals surface area (Å²) in [6.45, 7) is 4.06. The first-order valence-corrected chi connectivity index (χ1v) is 9.98. The Kier molecular flexibility index (Phi) is 6.26. The van der Waals surface area contributed by atoms with Crippen LogP contribution in [-0.2, 0) is 11.8 Å². The Labute approximate surface area is 173 Å². The maximum Gasteiger partial charge on any atom is 0.234 e. The summed E-state index contributed by atoms with van der Waals surface area (Å²) in [7, 11) is 3.44. The van der Waals surface area contributed by atoms with Gasteiger partial charge in [0, 0.05) is 17.8 Å². The van der Waals surface area contributed by atoms with Gasteiger partial charge in [-0.2, -0.15) is 0 Å². The normalized spacial score (nSPS) is 10.8. The van der Waals surface area contributed by atoms with Crippen molar-refractivity contribution in [2.75, 3.05) is 18.2 Å². The molecule has 28 heavy (non-hydrogen) atoms. The number of aryl methyl sites for hydroxylation is 2. The summed E-state index contributed by atoms with van der Waals surface area (Å²) in [5.74, 6) is 1.41. The molecule has 0 aliphatic rings. The average molecular weight is 417 g/mol. The molecule has 0 saturated heterocycles. The molecule has 0 saturated carbocycles. The smallest absolute Gasteiger partial charge is 0.234 e. The van der Waals surface area contributed by atoms with Crippen LogP contribution in [0.15, 0.2) is 41.6 Å². The minimum atomic E-state index is -0.0989. The standard InChI is InChI=1S/C20H21ClN4O2S/c1-12-5-7-15(9-13(12)2)22-18(26)11-28-20-24-23-19(25(20)3)16-10-14(21)6-8-17(16)27-4/h5-10H,11H2,1-4H3,(H,22,26). The molecule has 3 rings (SSSR count). The van der Waals surface area contributed by atoms with Crippen molar-refractivity contribution in [3.05, 3.63) is 52.5 Å². The third kappa shape index (κ3) is 4.48. The maximum absolute atomic E-state index is 12.3. The molecular weight excluding hydrogens is 396 g/mol. The third-order valence-electron chi connectivity index (χ3n) is 4.36. The fourth-order valence-electron chi connectivity index (χ4n) is 2.68. The lowest BCUT2D eigenvalue weighted by atomic mass is 10.1. The highest BCUT2D eigenvalue weighted by molar-refractivity contribution is 7.99. The fraction of sp³-hybridized carbons (Fsp3) is 0.250. The van der Waals surface area contributed by atoms with Crippen LogP contribution in [0.1, 0.15) is 11.1 Å². The van der Waals surface area contributed by atoms with Crippen LogP contribution >= 0.6 is 23.4 Å². The minimum absolute atomic E-state index is 0.0989. The first kappa shape index (κ1) is 20.2. The number of thioether (sulfide) groups is 1. The molecule has 0 fully saturated rings. The van der Waals surface area contributed by atoms with Gasteiger partial charge in [0.05, 0.1) is 18.4 Å². The van der Waals surface area contributed by atoms with Crippen LogP contribution in [-0.4, -0.2) is 33.5 Å². The third-order valence-corrected chi connectivity index (χ3v) is 5.62. The molecule has 0 aliphatic heterocycles. The van der Waals surface area contributed by atoms with Gasteiger partial charge in [0.2, 0.25) is 5.91 Å². The van der Waals surface area contributed by atoms with Gasteiger partial charge in [0.1, 0.15) is 5.75 Å². The van der Waals surface area contributed by atoms with Crippen LogP contribution in [0, 0.1) is 13.8 Å². The summed E-state index contributed by atoms with van der Waals surface area (Å²) in [6.07, 6.45) is 0. The highest BCUT2D eigenvalue weighted by Gasteiger charge is 2.16. The zero-order valence-electron chi connectivity index (χ0n) is 16.1. The number of carbonyl (C=O) groups is 1. The molecule has 3 aromatic rings. The van der Waals surface area contributed by atoms with Crippen molar-refractivity contribution in [2.45, 2.75) is 19.0 Å². The predicted molar refractivity (Wildman–Crippen MR) is 113 cm³/mol. The molecule has 0 atom stereocenters. The first-order valence-electron chi connectivity index (χ1n) is 8.62. The summed E-state index contributed by atoms with van der Waals surface area (Å²) in [5.41, 5.74) is 3.86. The van der Waals surface area contributed by atoms with Gasteiger partial charge in [0.15, 0.2) is 11.0 Å². The zero-order chi connectivity index (χ0) is 20.3. The van der Waals surface area contributed by atoms with Crippen molar-refractivity contribution >= 4 is 35.0 Å². The van der Waals surface area contributed by atoms with E-state index in [-0.39, 0.29) is 11.7 Å². The van der Waals surface area contributed by atoms with Gasteiger partial charge in [-0.1, -0.05) is 29.4 Å². The quantitative estimate of drug-likeness (QED) is 0.599. The molecule has 1 N–H and O–H groups in total. The first-order chi connectivity index (χ1) is 13.4. The van der Waals surface area contributed by atoms with E-state index < -0.39 is 0 Å². The van der Waals surface area contributed by atoms with Gasteiger partial charge in [-0.3, -0.25) is 4.79 Å². The SMILES string of the molecule is COc1ccc(Cl)cc1-c1nnc(SCC(=O)Nc2ccc(C)c(C)c2)n1C. The lowest BCUT2D eigenvalue weighted by molar-refractivity contribution is -0.113. The Balaban J connectivity index is 1.70. The van der Waals surface area contributed by atoms with Crippen LogP contribution < -0.4 is 10.1 Å². The molecule has 0 radical (unpaired) electrons. The zero-order valence-corrected chi connectivity index (χ0v) is 17.7. The second-order valence-corrected chi connectivity index (χ2v) is 7.72. The number of aromatic nitrogens is 3. The molecule has 2 aromatic carbocycles.